The lowest BCUT2D eigenvalue weighted by Crippen LogP contribution is -2.40. The second-order valence-electron chi connectivity index (χ2n) is 5.04. The highest BCUT2D eigenvalue weighted by Gasteiger charge is 2.29. The number of hydrogen-bond acceptors (Lipinski definition) is 5. The predicted octanol–water partition coefficient (Wildman–Crippen LogP) is 2.18. The fourth-order valence-electron chi connectivity index (χ4n) is 1.25. The van der Waals surface area contributed by atoms with Crippen molar-refractivity contribution in [3.63, 3.8) is 0 Å². The molecule has 2 unspecified atom stereocenters. The second kappa shape index (κ2) is 5.60. The minimum atomic E-state index is -0.709. The molecule has 2 N–H and O–H groups in total. The summed E-state index contributed by atoms with van der Waals surface area (Å²) in [5.74, 6) is 1.41. The van der Waals surface area contributed by atoms with E-state index in [0.717, 1.165) is 6.42 Å². The lowest BCUT2D eigenvalue weighted by atomic mass is 10.0. The van der Waals surface area contributed by atoms with Crippen LogP contribution < -0.4 is 5.73 Å². The average Bonchev–Trinajstić information content (AvgIpc) is 2.75. The summed E-state index contributed by atoms with van der Waals surface area (Å²) in [7, 11) is 0. The molecule has 0 radical (unpaired) electrons. The third-order valence-electron chi connectivity index (χ3n) is 2.70. The lowest BCUT2D eigenvalue weighted by molar-refractivity contribution is 0.0410. The van der Waals surface area contributed by atoms with E-state index in [4.69, 9.17) is 15.0 Å². The van der Waals surface area contributed by atoms with Crippen molar-refractivity contribution < 1.29 is 9.26 Å². The van der Waals surface area contributed by atoms with Crippen molar-refractivity contribution in [2.75, 3.05) is 6.61 Å². The molecular formula is C12H23N3O2. The van der Waals surface area contributed by atoms with Gasteiger partial charge in [-0.2, -0.15) is 4.98 Å². The van der Waals surface area contributed by atoms with Gasteiger partial charge >= 0.3 is 0 Å². The molecule has 1 aromatic heterocycles. The fourth-order valence-corrected chi connectivity index (χ4v) is 1.25. The number of hydrogen-bond donors (Lipinski definition) is 1. The van der Waals surface area contributed by atoms with E-state index in [1.165, 1.54) is 0 Å². The van der Waals surface area contributed by atoms with E-state index >= 15 is 0 Å². The van der Waals surface area contributed by atoms with Crippen LogP contribution in [0.1, 0.15) is 58.7 Å². The van der Waals surface area contributed by atoms with Crippen LogP contribution in [-0.4, -0.2) is 22.9 Å². The van der Waals surface area contributed by atoms with Gasteiger partial charge < -0.3 is 15.0 Å². The fraction of sp³-hybridized carbons (Fsp3) is 0.833. The van der Waals surface area contributed by atoms with Gasteiger partial charge in [0, 0.05) is 5.92 Å². The zero-order chi connectivity index (χ0) is 13.1. The zero-order valence-corrected chi connectivity index (χ0v) is 11.4. The van der Waals surface area contributed by atoms with Crippen LogP contribution in [0.3, 0.4) is 0 Å². The van der Waals surface area contributed by atoms with E-state index < -0.39 is 5.54 Å². The predicted molar refractivity (Wildman–Crippen MR) is 65.6 cm³/mol. The summed E-state index contributed by atoms with van der Waals surface area (Å²) in [5, 5.41) is 3.94. The largest absolute Gasteiger partial charge is 0.376 e. The van der Waals surface area contributed by atoms with Crippen molar-refractivity contribution in [2.24, 2.45) is 5.73 Å². The molecule has 0 aliphatic heterocycles. The van der Waals surface area contributed by atoms with Crippen molar-refractivity contribution in [1.29, 1.82) is 0 Å². The van der Waals surface area contributed by atoms with E-state index in [9.17, 15) is 0 Å². The number of ether oxygens (including phenoxy) is 1. The summed E-state index contributed by atoms with van der Waals surface area (Å²) in [6.45, 7) is 10.3. The zero-order valence-electron chi connectivity index (χ0n) is 11.4. The molecule has 0 fully saturated rings. The van der Waals surface area contributed by atoms with E-state index in [0.29, 0.717) is 18.3 Å². The highest BCUT2D eigenvalue weighted by molar-refractivity contribution is 5.03. The van der Waals surface area contributed by atoms with Gasteiger partial charge in [-0.3, -0.25) is 0 Å². The van der Waals surface area contributed by atoms with Crippen molar-refractivity contribution >= 4 is 0 Å². The van der Waals surface area contributed by atoms with Gasteiger partial charge in [-0.1, -0.05) is 19.0 Å². The molecule has 0 amide bonds. The van der Waals surface area contributed by atoms with Crippen LogP contribution in [0.15, 0.2) is 4.52 Å². The first kappa shape index (κ1) is 14.1. The van der Waals surface area contributed by atoms with Gasteiger partial charge in [0.05, 0.1) is 12.7 Å². The molecule has 0 saturated heterocycles. The summed E-state index contributed by atoms with van der Waals surface area (Å²) >= 11 is 0. The highest BCUT2D eigenvalue weighted by Crippen LogP contribution is 2.21. The topological polar surface area (TPSA) is 74.2 Å². The molecule has 0 aromatic carbocycles. The smallest absolute Gasteiger partial charge is 0.229 e. The Bertz CT molecular complexity index is 347. The van der Waals surface area contributed by atoms with E-state index in [1.807, 2.05) is 20.8 Å². The number of nitrogens with zero attached hydrogens (tertiary/aromatic N) is 2. The second-order valence-corrected chi connectivity index (χ2v) is 5.04. The summed E-state index contributed by atoms with van der Waals surface area (Å²) < 4.78 is 10.7. The van der Waals surface area contributed by atoms with E-state index in [1.54, 1.807) is 0 Å². The molecule has 1 aromatic rings. The molecule has 0 spiro atoms. The summed E-state index contributed by atoms with van der Waals surface area (Å²) in [5.41, 5.74) is 5.42. The van der Waals surface area contributed by atoms with Crippen molar-refractivity contribution in [2.45, 2.75) is 58.6 Å². The first-order valence-electron chi connectivity index (χ1n) is 6.11. The molecule has 0 aliphatic rings. The third kappa shape index (κ3) is 3.78. The monoisotopic (exact) mass is 241 g/mol. The van der Waals surface area contributed by atoms with Crippen LogP contribution in [-0.2, 0) is 10.3 Å². The minimum absolute atomic E-state index is 0.138. The molecule has 5 heteroatoms. The number of nitrogens with two attached hydrogens (primary N) is 1. The third-order valence-corrected chi connectivity index (χ3v) is 2.70. The van der Waals surface area contributed by atoms with Crippen molar-refractivity contribution in [3.8, 4) is 0 Å². The van der Waals surface area contributed by atoms with Crippen molar-refractivity contribution in [1.82, 2.24) is 10.1 Å². The van der Waals surface area contributed by atoms with E-state index in [2.05, 4.69) is 24.0 Å². The average molecular weight is 241 g/mol. The number of rotatable bonds is 6. The van der Waals surface area contributed by atoms with Gasteiger partial charge in [0.2, 0.25) is 5.89 Å². The standard InChI is InChI=1S/C12H23N3O2/c1-6-9(4)10-14-11(15-17-10)12(5,13)7-16-8(2)3/h8-9H,6-7,13H2,1-5H3. The summed E-state index contributed by atoms with van der Waals surface area (Å²) in [6, 6.07) is 0. The Balaban J connectivity index is 2.74. The molecule has 5 nitrogen and oxygen atoms in total. The Hall–Kier alpha value is -0.940. The van der Waals surface area contributed by atoms with Crippen LogP contribution in [0.5, 0.6) is 0 Å². The Kier molecular flexibility index (Phi) is 4.65. The van der Waals surface area contributed by atoms with Gasteiger partial charge in [0.15, 0.2) is 5.82 Å². The molecule has 2 atom stereocenters. The highest BCUT2D eigenvalue weighted by atomic mass is 16.5. The maximum atomic E-state index is 6.13. The Morgan fingerprint density at radius 2 is 2.06 bits per heavy atom. The van der Waals surface area contributed by atoms with Crippen LogP contribution in [0.25, 0.3) is 0 Å². The first-order chi connectivity index (χ1) is 7.86. The van der Waals surface area contributed by atoms with Gasteiger partial charge in [-0.05, 0) is 27.2 Å². The van der Waals surface area contributed by atoms with Gasteiger partial charge in [0.1, 0.15) is 5.54 Å². The summed E-state index contributed by atoms with van der Waals surface area (Å²) in [6.07, 6.45) is 1.10. The van der Waals surface area contributed by atoms with Gasteiger partial charge in [-0.15, -0.1) is 0 Å². The Morgan fingerprint density at radius 1 is 1.41 bits per heavy atom. The normalized spacial score (nSPS) is 17.1. The van der Waals surface area contributed by atoms with Crippen LogP contribution in [0.4, 0.5) is 0 Å². The molecule has 0 aliphatic carbocycles. The SMILES string of the molecule is CCC(C)c1nc(C(C)(N)COC(C)C)no1. The lowest BCUT2D eigenvalue weighted by Gasteiger charge is -2.21. The molecule has 1 heterocycles. The first-order valence-corrected chi connectivity index (χ1v) is 6.11. The molecule has 0 saturated carbocycles. The molecule has 0 bridgehead atoms. The summed E-state index contributed by atoms with van der Waals surface area (Å²) in [4.78, 5) is 4.35. The molecule has 98 valence electrons. The minimum Gasteiger partial charge on any atom is -0.376 e. The molecular weight excluding hydrogens is 218 g/mol. The quantitative estimate of drug-likeness (QED) is 0.826. The Labute approximate surface area is 103 Å². The van der Waals surface area contributed by atoms with Crippen LogP contribution >= 0.6 is 0 Å². The van der Waals surface area contributed by atoms with Crippen LogP contribution in [0, 0.1) is 0 Å². The number of aromatic nitrogens is 2. The van der Waals surface area contributed by atoms with Gasteiger partial charge in [0.25, 0.3) is 0 Å². The van der Waals surface area contributed by atoms with Crippen LogP contribution in [0.2, 0.25) is 0 Å². The molecule has 1 rings (SSSR count). The Morgan fingerprint density at radius 3 is 2.59 bits per heavy atom. The van der Waals surface area contributed by atoms with E-state index in [-0.39, 0.29) is 12.0 Å². The van der Waals surface area contributed by atoms with Crippen molar-refractivity contribution in [3.05, 3.63) is 11.7 Å². The maximum Gasteiger partial charge on any atom is 0.229 e. The maximum absolute atomic E-state index is 6.13. The molecule has 17 heavy (non-hydrogen) atoms. The van der Waals surface area contributed by atoms with Gasteiger partial charge in [-0.25, -0.2) is 0 Å².